The van der Waals surface area contributed by atoms with Gasteiger partial charge in [-0.3, -0.25) is 4.99 Å². The summed E-state index contributed by atoms with van der Waals surface area (Å²) in [6.45, 7) is 1.11. The zero-order valence-corrected chi connectivity index (χ0v) is 17.4. The summed E-state index contributed by atoms with van der Waals surface area (Å²) in [5.41, 5.74) is 1.94. The summed E-state index contributed by atoms with van der Waals surface area (Å²) in [5, 5.41) is 6.38. The zero-order valence-electron chi connectivity index (χ0n) is 13.5. The number of ether oxygens (including phenoxy) is 1. The van der Waals surface area contributed by atoms with Gasteiger partial charge in [0.2, 0.25) is 0 Å². The van der Waals surface area contributed by atoms with E-state index in [-0.39, 0.29) is 29.8 Å². The molecule has 0 aliphatic heterocycles. The molecule has 0 aliphatic rings. The number of nitrogens with one attached hydrogen (secondary N) is 2. The molecule has 2 N–H and O–H groups in total. The van der Waals surface area contributed by atoms with Gasteiger partial charge in [-0.1, -0.05) is 28.1 Å². The number of benzene rings is 2. The predicted octanol–water partition coefficient (Wildman–Crippen LogP) is 4.08. The van der Waals surface area contributed by atoms with Gasteiger partial charge in [-0.25, -0.2) is 4.39 Å². The van der Waals surface area contributed by atoms with Gasteiger partial charge in [0.25, 0.3) is 0 Å². The lowest BCUT2D eigenvalue weighted by atomic mass is 10.2. The quantitative estimate of drug-likeness (QED) is 0.364. The third-order valence-corrected chi connectivity index (χ3v) is 4.07. The fraction of sp³-hybridized carbons (Fsp3) is 0.235. The van der Waals surface area contributed by atoms with Crippen LogP contribution in [0.15, 0.2) is 51.9 Å². The Hall–Kier alpha value is -1.35. The van der Waals surface area contributed by atoms with E-state index in [1.807, 2.05) is 24.3 Å². The molecule has 0 saturated heterocycles. The molecule has 0 bridgehead atoms. The van der Waals surface area contributed by atoms with E-state index in [0.29, 0.717) is 19.0 Å². The maximum atomic E-state index is 13.3. The second kappa shape index (κ2) is 10.5. The van der Waals surface area contributed by atoms with Crippen LogP contribution in [0.5, 0.6) is 5.75 Å². The molecule has 0 radical (unpaired) electrons. The second-order valence-electron chi connectivity index (χ2n) is 4.86. The van der Waals surface area contributed by atoms with Gasteiger partial charge in [0, 0.05) is 24.6 Å². The largest absolute Gasteiger partial charge is 0.497 e. The van der Waals surface area contributed by atoms with Crippen LogP contribution in [0.2, 0.25) is 0 Å². The highest BCUT2D eigenvalue weighted by Crippen LogP contribution is 2.17. The van der Waals surface area contributed by atoms with Crippen molar-refractivity contribution in [2.75, 3.05) is 14.2 Å². The standard InChI is InChI=1S/C17H19BrFN3O.HI/c1-20-17(21-10-12-3-6-15(23-2)7-4-12)22-11-13-9-14(19)5-8-16(13)18;/h3-9H,10-11H2,1-2H3,(H2,20,21,22);1H. The topological polar surface area (TPSA) is 45.7 Å². The third kappa shape index (κ3) is 6.27. The number of hydrogen-bond donors (Lipinski definition) is 2. The lowest BCUT2D eigenvalue weighted by Gasteiger charge is -2.13. The predicted molar refractivity (Wildman–Crippen MR) is 110 cm³/mol. The molecule has 0 aliphatic carbocycles. The van der Waals surface area contributed by atoms with Gasteiger partial charge in [0.15, 0.2) is 5.96 Å². The Labute approximate surface area is 167 Å². The summed E-state index contributed by atoms with van der Waals surface area (Å²) in [4.78, 5) is 4.16. The molecule has 0 heterocycles. The number of rotatable bonds is 5. The average molecular weight is 508 g/mol. The van der Waals surface area contributed by atoms with Crippen LogP contribution >= 0.6 is 39.9 Å². The van der Waals surface area contributed by atoms with Crippen molar-refractivity contribution < 1.29 is 9.13 Å². The van der Waals surface area contributed by atoms with E-state index in [0.717, 1.165) is 21.3 Å². The highest BCUT2D eigenvalue weighted by atomic mass is 127. The molecule has 0 amide bonds. The van der Waals surface area contributed by atoms with Gasteiger partial charge >= 0.3 is 0 Å². The molecule has 7 heteroatoms. The normalized spacial score (nSPS) is 10.8. The molecular weight excluding hydrogens is 488 g/mol. The number of halogens is 3. The van der Waals surface area contributed by atoms with Crippen molar-refractivity contribution in [3.63, 3.8) is 0 Å². The van der Waals surface area contributed by atoms with Gasteiger partial charge < -0.3 is 15.4 Å². The molecule has 0 unspecified atom stereocenters. The summed E-state index contributed by atoms with van der Waals surface area (Å²) in [5.74, 6) is 1.22. The number of aliphatic imine (C=N–C) groups is 1. The Morgan fingerprint density at radius 1 is 1.12 bits per heavy atom. The minimum atomic E-state index is -0.258. The van der Waals surface area contributed by atoms with Crippen molar-refractivity contribution in [1.82, 2.24) is 10.6 Å². The van der Waals surface area contributed by atoms with Crippen molar-refractivity contribution in [2.24, 2.45) is 4.99 Å². The lowest BCUT2D eigenvalue weighted by Crippen LogP contribution is -2.36. The number of methoxy groups -OCH3 is 1. The molecular formula is C17H20BrFIN3O. The van der Waals surface area contributed by atoms with Gasteiger partial charge in [-0.05, 0) is 41.5 Å². The van der Waals surface area contributed by atoms with Crippen LogP contribution in [0.4, 0.5) is 4.39 Å². The molecule has 24 heavy (non-hydrogen) atoms. The van der Waals surface area contributed by atoms with E-state index in [9.17, 15) is 4.39 Å². The fourth-order valence-corrected chi connectivity index (χ4v) is 2.39. The van der Waals surface area contributed by atoms with Gasteiger partial charge in [-0.15, -0.1) is 24.0 Å². The Morgan fingerprint density at radius 3 is 2.42 bits per heavy atom. The van der Waals surface area contributed by atoms with Gasteiger partial charge in [0.1, 0.15) is 11.6 Å². The summed E-state index contributed by atoms with van der Waals surface area (Å²) >= 11 is 3.41. The van der Waals surface area contributed by atoms with E-state index in [4.69, 9.17) is 4.74 Å². The number of nitrogens with zero attached hydrogens (tertiary/aromatic N) is 1. The highest BCUT2D eigenvalue weighted by molar-refractivity contribution is 14.0. The first kappa shape index (κ1) is 20.7. The summed E-state index contributed by atoms with van der Waals surface area (Å²) in [7, 11) is 3.34. The minimum Gasteiger partial charge on any atom is -0.497 e. The van der Waals surface area contributed by atoms with E-state index >= 15 is 0 Å². The minimum absolute atomic E-state index is 0. The van der Waals surface area contributed by atoms with Gasteiger partial charge in [-0.2, -0.15) is 0 Å². The van der Waals surface area contributed by atoms with Crippen molar-refractivity contribution >= 4 is 45.9 Å². The van der Waals surface area contributed by atoms with Crippen LogP contribution in [0, 0.1) is 5.82 Å². The van der Waals surface area contributed by atoms with Crippen molar-refractivity contribution in [3.8, 4) is 5.75 Å². The maximum Gasteiger partial charge on any atom is 0.191 e. The SMILES string of the molecule is CN=C(NCc1ccc(OC)cc1)NCc1cc(F)ccc1Br.I. The van der Waals surface area contributed by atoms with Crippen LogP contribution in [0.3, 0.4) is 0 Å². The summed E-state index contributed by atoms with van der Waals surface area (Å²) in [6.07, 6.45) is 0. The highest BCUT2D eigenvalue weighted by Gasteiger charge is 2.04. The first-order chi connectivity index (χ1) is 11.1. The average Bonchev–Trinajstić information content (AvgIpc) is 2.58. The molecule has 0 atom stereocenters. The smallest absolute Gasteiger partial charge is 0.191 e. The van der Waals surface area contributed by atoms with Crippen molar-refractivity contribution in [1.29, 1.82) is 0 Å². The molecule has 2 aromatic rings. The first-order valence-electron chi connectivity index (χ1n) is 7.13. The monoisotopic (exact) mass is 507 g/mol. The molecule has 130 valence electrons. The van der Waals surface area contributed by atoms with Crippen LogP contribution in [0.1, 0.15) is 11.1 Å². The molecule has 2 aromatic carbocycles. The van der Waals surface area contributed by atoms with Crippen LogP contribution in [0.25, 0.3) is 0 Å². The second-order valence-corrected chi connectivity index (χ2v) is 5.72. The molecule has 0 fully saturated rings. The maximum absolute atomic E-state index is 13.3. The molecule has 2 rings (SSSR count). The number of guanidine groups is 1. The van der Waals surface area contributed by atoms with E-state index < -0.39 is 0 Å². The Balaban J connectivity index is 0.00000288. The van der Waals surface area contributed by atoms with Crippen molar-refractivity contribution in [3.05, 3.63) is 63.9 Å². The van der Waals surface area contributed by atoms with Crippen LogP contribution in [-0.4, -0.2) is 20.1 Å². The molecule has 0 spiro atoms. The lowest BCUT2D eigenvalue weighted by molar-refractivity contribution is 0.414. The number of hydrogen-bond acceptors (Lipinski definition) is 2. The van der Waals surface area contributed by atoms with Gasteiger partial charge in [0.05, 0.1) is 7.11 Å². The summed E-state index contributed by atoms with van der Waals surface area (Å²) < 4.78 is 19.3. The molecule has 4 nitrogen and oxygen atoms in total. The van der Waals surface area contributed by atoms with E-state index in [1.165, 1.54) is 12.1 Å². The zero-order chi connectivity index (χ0) is 16.7. The van der Waals surface area contributed by atoms with Crippen LogP contribution < -0.4 is 15.4 Å². The first-order valence-corrected chi connectivity index (χ1v) is 7.93. The van der Waals surface area contributed by atoms with Crippen LogP contribution in [-0.2, 0) is 13.1 Å². The summed E-state index contributed by atoms with van der Waals surface area (Å²) in [6, 6.07) is 12.4. The Bertz CT molecular complexity index is 680. The fourth-order valence-electron chi connectivity index (χ4n) is 2.01. The Morgan fingerprint density at radius 2 is 1.79 bits per heavy atom. The third-order valence-electron chi connectivity index (χ3n) is 3.30. The molecule has 0 aromatic heterocycles. The van der Waals surface area contributed by atoms with E-state index in [1.54, 1.807) is 20.2 Å². The Kier molecular flexibility index (Phi) is 9.05. The van der Waals surface area contributed by atoms with E-state index in [2.05, 4.69) is 31.6 Å². The molecule has 0 saturated carbocycles. The van der Waals surface area contributed by atoms with Crippen molar-refractivity contribution in [2.45, 2.75) is 13.1 Å².